The SMILES string of the molecule is CC(C)(C)OCCOCc1ccc(CNC2CC2)cn1. The summed E-state index contributed by atoms with van der Waals surface area (Å²) in [5.41, 5.74) is 2.10. The minimum atomic E-state index is -0.0994. The second kappa shape index (κ2) is 7.16. The number of hydrogen-bond acceptors (Lipinski definition) is 4. The molecule has 0 atom stereocenters. The molecule has 0 saturated heterocycles. The van der Waals surface area contributed by atoms with E-state index in [0.29, 0.717) is 19.8 Å². The van der Waals surface area contributed by atoms with Crippen LogP contribution in [0.1, 0.15) is 44.9 Å². The number of nitrogens with one attached hydrogen (secondary N) is 1. The van der Waals surface area contributed by atoms with Gasteiger partial charge < -0.3 is 14.8 Å². The average molecular weight is 278 g/mol. The monoisotopic (exact) mass is 278 g/mol. The summed E-state index contributed by atoms with van der Waals surface area (Å²) in [7, 11) is 0. The summed E-state index contributed by atoms with van der Waals surface area (Å²) in [5, 5.41) is 3.48. The summed E-state index contributed by atoms with van der Waals surface area (Å²) in [6, 6.07) is 4.89. The minimum Gasteiger partial charge on any atom is -0.373 e. The molecule has 0 bridgehead atoms. The van der Waals surface area contributed by atoms with Gasteiger partial charge in [-0.15, -0.1) is 0 Å². The molecule has 0 amide bonds. The van der Waals surface area contributed by atoms with Crippen LogP contribution in [-0.2, 0) is 22.6 Å². The Hall–Kier alpha value is -0.970. The smallest absolute Gasteiger partial charge is 0.0889 e. The normalized spacial score (nSPS) is 15.6. The third-order valence-corrected chi connectivity index (χ3v) is 3.07. The number of hydrogen-bond donors (Lipinski definition) is 1. The molecular weight excluding hydrogens is 252 g/mol. The Labute approximate surface area is 121 Å². The van der Waals surface area contributed by atoms with Crippen LogP contribution in [0.5, 0.6) is 0 Å². The first kappa shape index (κ1) is 15.4. The number of pyridine rings is 1. The Kier molecular flexibility index (Phi) is 5.52. The van der Waals surface area contributed by atoms with E-state index in [4.69, 9.17) is 9.47 Å². The van der Waals surface area contributed by atoms with Gasteiger partial charge >= 0.3 is 0 Å². The molecule has 1 aromatic rings. The van der Waals surface area contributed by atoms with E-state index in [0.717, 1.165) is 18.3 Å². The molecule has 0 aliphatic heterocycles. The van der Waals surface area contributed by atoms with Crippen LogP contribution in [-0.4, -0.2) is 29.8 Å². The number of rotatable bonds is 8. The molecule has 1 aliphatic rings. The molecule has 4 nitrogen and oxygen atoms in total. The molecule has 0 aromatic carbocycles. The molecule has 1 heterocycles. The molecule has 1 fully saturated rings. The maximum absolute atomic E-state index is 5.59. The van der Waals surface area contributed by atoms with Gasteiger partial charge in [-0.2, -0.15) is 0 Å². The minimum absolute atomic E-state index is 0.0994. The van der Waals surface area contributed by atoms with Crippen LogP contribution in [0.4, 0.5) is 0 Å². The molecule has 1 saturated carbocycles. The van der Waals surface area contributed by atoms with Gasteiger partial charge in [0.2, 0.25) is 0 Å². The van der Waals surface area contributed by atoms with E-state index in [2.05, 4.69) is 16.4 Å². The molecule has 0 radical (unpaired) electrons. The fraction of sp³-hybridized carbons (Fsp3) is 0.688. The lowest BCUT2D eigenvalue weighted by atomic mass is 10.2. The quantitative estimate of drug-likeness (QED) is 0.742. The zero-order chi connectivity index (χ0) is 14.4. The maximum Gasteiger partial charge on any atom is 0.0889 e. The van der Waals surface area contributed by atoms with Crippen molar-refractivity contribution in [3.05, 3.63) is 29.6 Å². The van der Waals surface area contributed by atoms with E-state index in [1.54, 1.807) is 0 Å². The van der Waals surface area contributed by atoms with E-state index < -0.39 is 0 Å². The first-order valence-electron chi connectivity index (χ1n) is 7.42. The van der Waals surface area contributed by atoms with Crippen LogP contribution in [0.2, 0.25) is 0 Å². The van der Waals surface area contributed by atoms with Gasteiger partial charge in [0.15, 0.2) is 0 Å². The Morgan fingerprint density at radius 2 is 2.05 bits per heavy atom. The van der Waals surface area contributed by atoms with Crippen molar-refractivity contribution in [3.8, 4) is 0 Å². The standard InChI is InChI=1S/C16H26N2O2/c1-16(2,3)20-9-8-19-12-15-5-4-13(11-18-15)10-17-14-6-7-14/h4-5,11,14,17H,6-10,12H2,1-3H3. The summed E-state index contributed by atoms with van der Waals surface area (Å²) < 4.78 is 11.2. The van der Waals surface area contributed by atoms with Crippen molar-refractivity contribution in [3.63, 3.8) is 0 Å². The van der Waals surface area contributed by atoms with Crippen LogP contribution in [0.3, 0.4) is 0 Å². The Morgan fingerprint density at radius 1 is 1.25 bits per heavy atom. The molecule has 0 unspecified atom stereocenters. The topological polar surface area (TPSA) is 43.4 Å². The molecule has 0 spiro atoms. The van der Waals surface area contributed by atoms with Crippen molar-refractivity contribution < 1.29 is 9.47 Å². The maximum atomic E-state index is 5.59. The second-order valence-electron chi connectivity index (χ2n) is 6.33. The van der Waals surface area contributed by atoms with Gasteiger partial charge in [-0.25, -0.2) is 0 Å². The lowest BCUT2D eigenvalue weighted by molar-refractivity contribution is -0.0380. The third-order valence-electron chi connectivity index (χ3n) is 3.07. The van der Waals surface area contributed by atoms with Gasteiger partial charge in [0.05, 0.1) is 31.1 Å². The molecule has 1 aromatic heterocycles. The summed E-state index contributed by atoms with van der Waals surface area (Å²) >= 11 is 0. The number of ether oxygens (including phenoxy) is 2. The highest BCUT2D eigenvalue weighted by Crippen LogP contribution is 2.19. The summed E-state index contributed by atoms with van der Waals surface area (Å²) in [6.07, 6.45) is 4.56. The predicted molar refractivity (Wildman–Crippen MR) is 79.5 cm³/mol. The largest absolute Gasteiger partial charge is 0.373 e. The molecule has 2 rings (SSSR count). The van der Waals surface area contributed by atoms with Crippen LogP contribution < -0.4 is 5.32 Å². The predicted octanol–water partition coefficient (Wildman–Crippen LogP) is 2.67. The number of aromatic nitrogens is 1. The number of nitrogens with zero attached hydrogens (tertiary/aromatic N) is 1. The molecule has 20 heavy (non-hydrogen) atoms. The van der Waals surface area contributed by atoms with Gasteiger partial charge in [-0.1, -0.05) is 6.07 Å². The Balaban J connectivity index is 1.60. The van der Waals surface area contributed by atoms with Crippen LogP contribution in [0.15, 0.2) is 18.3 Å². The summed E-state index contributed by atoms with van der Waals surface area (Å²) in [5.74, 6) is 0. The third kappa shape index (κ3) is 6.46. The van der Waals surface area contributed by atoms with Gasteiger partial charge in [-0.05, 0) is 45.2 Å². The van der Waals surface area contributed by atoms with Gasteiger partial charge in [0, 0.05) is 18.8 Å². The van der Waals surface area contributed by atoms with Crippen molar-refractivity contribution in [2.75, 3.05) is 13.2 Å². The first-order valence-corrected chi connectivity index (χ1v) is 7.42. The van der Waals surface area contributed by atoms with Crippen LogP contribution >= 0.6 is 0 Å². The van der Waals surface area contributed by atoms with Gasteiger partial charge in [-0.3, -0.25) is 4.98 Å². The summed E-state index contributed by atoms with van der Waals surface area (Å²) in [4.78, 5) is 4.42. The van der Waals surface area contributed by atoms with Crippen molar-refractivity contribution >= 4 is 0 Å². The van der Waals surface area contributed by atoms with E-state index in [1.807, 2.05) is 33.0 Å². The summed E-state index contributed by atoms with van der Waals surface area (Å²) in [6.45, 7) is 8.81. The highest BCUT2D eigenvalue weighted by atomic mass is 16.5. The second-order valence-corrected chi connectivity index (χ2v) is 6.33. The Morgan fingerprint density at radius 3 is 2.65 bits per heavy atom. The van der Waals surface area contributed by atoms with E-state index >= 15 is 0 Å². The van der Waals surface area contributed by atoms with Gasteiger partial charge in [0.25, 0.3) is 0 Å². The average Bonchev–Trinajstić information content (AvgIpc) is 3.20. The van der Waals surface area contributed by atoms with E-state index in [1.165, 1.54) is 18.4 Å². The first-order chi connectivity index (χ1) is 9.53. The Bertz CT molecular complexity index is 394. The zero-order valence-electron chi connectivity index (χ0n) is 12.8. The van der Waals surface area contributed by atoms with Crippen molar-refractivity contribution in [2.45, 2.75) is 58.4 Å². The lowest BCUT2D eigenvalue weighted by Gasteiger charge is -2.19. The fourth-order valence-electron chi connectivity index (χ4n) is 1.78. The molecular formula is C16H26N2O2. The molecule has 112 valence electrons. The van der Waals surface area contributed by atoms with E-state index in [-0.39, 0.29) is 5.60 Å². The fourth-order valence-corrected chi connectivity index (χ4v) is 1.78. The highest BCUT2D eigenvalue weighted by molar-refractivity contribution is 5.13. The van der Waals surface area contributed by atoms with E-state index in [9.17, 15) is 0 Å². The van der Waals surface area contributed by atoms with Crippen molar-refractivity contribution in [1.82, 2.24) is 10.3 Å². The molecule has 1 N–H and O–H groups in total. The lowest BCUT2D eigenvalue weighted by Crippen LogP contribution is -2.21. The highest BCUT2D eigenvalue weighted by Gasteiger charge is 2.19. The van der Waals surface area contributed by atoms with Crippen LogP contribution in [0.25, 0.3) is 0 Å². The van der Waals surface area contributed by atoms with Crippen molar-refractivity contribution in [2.24, 2.45) is 0 Å². The van der Waals surface area contributed by atoms with Crippen molar-refractivity contribution in [1.29, 1.82) is 0 Å². The van der Waals surface area contributed by atoms with Crippen LogP contribution in [0, 0.1) is 0 Å². The molecule has 1 aliphatic carbocycles. The molecule has 4 heteroatoms. The van der Waals surface area contributed by atoms with Gasteiger partial charge in [0.1, 0.15) is 0 Å². The zero-order valence-corrected chi connectivity index (χ0v) is 12.8.